The maximum atomic E-state index is 12.9. The predicted octanol–water partition coefficient (Wildman–Crippen LogP) is 0.670. The van der Waals surface area contributed by atoms with Crippen LogP contribution in [0.4, 0.5) is 5.69 Å². The van der Waals surface area contributed by atoms with Gasteiger partial charge in [-0.3, -0.25) is 19.0 Å². The molecule has 2 aromatic heterocycles. The van der Waals surface area contributed by atoms with Gasteiger partial charge >= 0.3 is 0 Å². The molecule has 0 aromatic carbocycles. The first-order chi connectivity index (χ1) is 12.0. The van der Waals surface area contributed by atoms with E-state index in [1.807, 2.05) is 13.8 Å². The molecule has 134 valence electrons. The van der Waals surface area contributed by atoms with E-state index in [2.05, 4.69) is 15.5 Å². The van der Waals surface area contributed by atoms with E-state index in [-0.39, 0.29) is 11.8 Å². The lowest BCUT2D eigenvalue weighted by atomic mass is 10.2. The van der Waals surface area contributed by atoms with E-state index in [1.54, 1.807) is 21.3 Å². The van der Waals surface area contributed by atoms with Crippen molar-refractivity contribution in [2.45, 2.75) is 20.4 Å². The van der Waals surface area contributed by atoms with Crippen LogP contribution in [0.15, 0.2) is 12.4 Å². The molecule has 2 aromatic rings. The number of ether oxygens (including phenoxy) is 1. The van der Waals surface area contributed by atoms with Crippen molar-refractivity contribution in [3.63, 3.8) is 0 Å². The molecule has 0 spiro atoms. The average Bonchev–Trinajstić information content (AvgIpc) is 3.18. The SMILES string of the molecule is CCn1ncc(NC(=O)c2cnn(C)c2C)c1C(=O)N1CCOCC1. The van der Waals surface area contributed by atoms with Crippen LogP contribution in [0.5, 0.6) is 0 Å². The number of hydrogen-bond donors (Lipinski definition) is 1. The van der Waals surface area contributed by atoms with Crippen molar-refractivity contribution >= 4 is 17.5 Å². The molecule has 1 N–H and O–H groups in total. The van der Waals surface area contributed by atoms with Crippen LogP contribution in [0.1, 0.15) is 33.5 Å². The monoisotopic (exact) mass is 346 g/mol. The summed E-state index contributed by atoms with van der Waals surface area (Å²) in [4.78, 5) is 27.2. The second-order valence-corrected chi connectivity index (χ2v) is 5.85. The van der Waals surface area contributed by atoms with Crippen molar-refractivity contribution in [3.05, 3.63) is 29.3 Å². The van der Waals surface area contributed by atoms with Gasteiger partial charge in [-0.25, -0.2) is 0 Å². The summed E-state index contributed by atoms with van der Waals surface area (Å²) >= 11 is 0. The highest BCUT2D eigenvalue weighted by Crippen LogP contribution is 2.20. The lowest BCUT2D eigenvalue weighted by Gasteiger charge is -2.27. The Hall–Kier alpha value is -2.68. The van der Waals surface area contributed by atoms with Gasteiger partial charge in [0.1, 0.15) is 5.69 Å². The first-order valence-electron chi connectivity index (χ1n) is 8.25. The topological polar surface area (TPSA) is 94.3 Å². The maximum Gasteiger partial charge on any atom is 0.274 e. The Balaban J connectivity index is 1.86. The van der Waals surface area contributed by atoms with Crippen LogP contribution in [0.25, 0.3) is 0 Å². The molecule has 0 bridgehead atoms. The maximum absolute atomic E-state index is 12.9. The number of amides is 2. The molecule has 1 fully saturated rings. The van der Waals surface area contributed by atoms with E-state index >= 15 is 0 Å². The van der Waals surface area contributed by atoms with Gasteiger partial charge in [-0.2, -0.15) is 10.2 Å². The van der Waals surface area contributed by atoms with E-state index < -0.39 is 0 Å². The van der Waals surface area contributed by atoms with Gasteiger partial charge < -0.3 is 15.0 Å². The van der Waals surface area contributed by atoms with Crippen LogP contribution in [0.2, 0.25) is 0 Å². The van der Waals surface area contributed by atoms with Crippen molar-refractivity contribution < 1.29 is 14.3 Å². The first-order valence-corrected chi connectivity index (χ1v) is 8.25. The molecule has 2 amide bonds. The molecule has 1 saturated heterocycles. The number of hydrogen-bond acceptors (Lipinski definition) is 5. The lowest BCUT2D eigenvalue weighted by Crippen LogP contribution is -2.41. The van der Waals surface area contributed by atoms with Crippen molar-refractivity contribution in [3.8, 4) is 0 Å². The summed E-state index contributed by atoms with van der Waals surface area (Å²) in [5.41, 5.74) is 2.02. The summed E-state index contributed by atoms with van der Waals surface area (Å²) < 4.78 is 8.53. The zero-order chi connectivity index (χ0) is 18.0. The molecule has 0 radical (unpaired) electrons. The molecule has 0 saturated carbocycles. The smallest absolute Gasteiger partial charge is 0.274 e. The largest absolute Gasteiger partial charge is 0.378 e. The highest BCUT2D eigenvalue weighted by Gasteiger charge is 2.26. The van der Waals surface area contributed by atoms with Crippen LogP contribution in [0.3, 0.4) is 0 Å². The molecule has 3 rings (SSSR count). The molecule has 1 aliphatic heterocycles. The lowest BCUT2D eigenvalue weighted by molar-refractivity contribution is 0.0295. The second kappa shape index (κ2) is 7.06. The summed E-state index contributed by atoms with van der Waals surface area (Å²) in [6.45, 7) is 6.35. The molecule has 0 unspecified atom stereocenters. The quantitative estimate of drug-likeness (QED) is 0.878. The molecule has 0 atom stereocenters. The van der Waals surface area contributed by atoms with E-state index in [0.29, 0.717) is 49.8 Å². The van der Waals surface area contributed by atoms with Crippen molar-refractivity contribution in [1.82, 2.24) is 24.5 Å². The normalized spacial score (nSPS) is 14.6. The van der Waals surface area contributed by atoms with E-state index in [4.69, 9.17) is 4.74 Å². The van der Waals surface area contributed by atoms with Gasteiger partial charge in [-0.15, -0.1) is 0 Å². The Morgan fingerprint density at radius 2 is 1.96 bits per heavy atom. The summed E-state index contributed by atoms with van der Waals surface area (Å²) in [7, 11) is 1.77. The molecule has 25 heavy (non-hydrogen) atoms. The Bertz CT molecular complexity index is 788. The summed E-state index contributed by atoms with van der Waals surface area (Å²) in [6, 6.07) is 0. The minimum atomic E-state index is -0.308. The van der Waals surface area contributed by atoms with E-state index in [0.717, 1.165) is 5.69 Å². The Morgan fingerprint density at radius 1 is 1.24 bits per heavy atom. The number of aryl methyl sites for hydroxylation is 2. The number of carbonyl (C=O) groups is 2. The molecular formula is C16H22N6O3. The van der Waals surface area contributed by atoms with Gasteiger partial charge in [-0.05, 0) is 13.8 Å². The van der Waals surface area contributed by atoms with Gasteiger partial charge in [-0.1, -0.05) is 0 Å². The van der Waals surface area contributed by atoms with Gasteiger partial charge in [0.25, 0.3) is 11.8 Å². The Kier molecular flexibility index (Phi) is 4.84. The first kappa shape index (κ1) is 17.2. The third-order valence-electron chi connectivity index (χ3n) is 4.37. The molecule has 9 heteroatoms. The van der Waals surface area contributed by atoms with Gasteiger partial charge in [0.05, 0.1) is 36.9 Å². The molecule has 0 aliphatic carbocycles. The van der Waals surface area contributed by atoms with Crippen molar-refractivity contribution in [1.29, 1.82) is 0 Å². The van der Waals surface area contributed by atoms with Gasteiger partial charge in [0.2, 0.25) is 0 Å². The summed E-state index contributed by atoms with van der Waals surface area (Å²) in [5, 5.41) is 11.1. The van der Waals surface area contributed by atoms with Crippen molar-refractivity contribution in [2.24, 2.45) is 7.05 Å². The number of rotatable bonds is 4. The zero-order valence-corrected chi connectivity index (χ0v) is 14.7. The highest BCUT2D eigenvalue weighted by atomic mass is 16.5. The summed E-state index contributed by atoms with van der Waals surface area (Å²) in [5.74, 6) is -0.460. The third-order valence-corrected chi connectivity index (χ3v) is 4.37. The average molecular weight is 346 g/mol. The van der Waals surface area contributed by atoms with Crippen LogP contribution in [-0.2, 0) is 18.3 Å². The minimum Gasteiger partial charge on any atom is -0.378 e. The Labute approximate surface area is 145 Å². The zero-order valence-electron chi connectivity index (χ0n) is 14.7. The van der Waals surface area contributed by atoms with E-state index in [9.17, 15) is 9.59 Å². The number of nitrogens with one attached hydrogen (secondary N) is 1. The third kappa shape index (κ3) is 3.27. The number of morpholine rings is 1. The number of anilines is 1. The number of aromatic nitrogens is 4. The minimum absolute atomic E-state index is 0.152. The number of nitrogens with zero attached hydrogens (tertiary/aromatic N) is 5. The molecule has 1 aliphatic rings. The Morgan fingerprint density at radius 3 is 2.56 bits per heavy atom. The van der Waals surface area contributed by atoms with Crippen LogP contribution >= 0.6 is 0 Å². The fraction of sp³-hybridized carbons (Fsp3) is 0.500. The number of carbonyl (C=O) groups excluding carboxylic acids is 2. The second-order valence-electron chi connectivity index (χ2n) is 5.85. The van der Waals surface area contributed by atoms with Crippen LogP contribution in [-0.4, -0.2) is 62.6 Å². The molecular weight excluding hydrogens is 324 g/mol. The summed E-state index contributed by atoms with van der Waals surface area (Å²) in [6.07, 6.45) is 3.03. The highest BCUT2D eigenvalue weighted by molar-refractivity contribution is 6.08. The van der Waals surface area contributed by atoms with E-state index in [1.165, 1.54) is 12.4 Å². The predicted molar refractivity (Wildman–Crippen MR) is 90.5 cm³/mol. The van der Waals surface area contributed by atoms with Crippen molar-refractivity contribution in [2.75, 3.05) is 31.6 Å². The molecule has 9 nitrogen and oxygen atoms in total. The fourth-order valence-corrected chi connectivity index (χ4v) is 2.77. The fourth-order valence-electron chi connectivity index (χ4n) is 2.77. The van der Waals surface area contributed by atoms with Crippen LogP contribution in [0, 0.1) is 6.92 Å². The molecule has 3 heterocycles. The van der Waals surface area contributed by atoms with Gasteiger partial charge in [0.15, 0.2) is 0 Å². The standard InChI is InChI=1S/C16H22N6O3/c1-4-22-14(16(24)21-5-7-25-8-6-21)13(10-18-22)19-15(23)12-9-17-20(3)11(12)2/h9-10H,4-8H2,1-3H3,(H,19,23). The van der Waals surface area contributed by atoms with Gasteiger partial charge in [0, 0.05) is 32.4 Å². The van der Waals surface area contributed by atoms with Crippen LogP contribution < -0.4 is 5.32 Å².